The van der Waals surface area contributed by atoms with Gasteiger partial charge in [-0.05, 0) is 57.3 Å². The third-order valence-electron chi connectivity index (χ3n) is 10.0. The molecule has 1 saturated carbocycles. The van der Waals surface area contributed by atoms with Gasteiger partial charge in [0.25, 0.3) is 0 Å². The summed E-state index contributed by atoms with van der Waals surface area (Å²) in [5, 5.41) is 31.2. The monoisotopic (exact) mass is 775 g/mol. The van der Waals surface area contributed by atoms with Crippen molar-refractivity contribution in [3.63, 3.8) is 0 Å². The van der Waals surface area contributed by atoms with Gasteiger partial charge >= 0.3 is 19.8 Å². The van der Waals surface area contributed by atoms with E-state index in [0.29, 0.717) is 25.7 Å². The van der Waals surface area contributed by atoms with Gasteiger partial charge in [-0.25, -0.2) is 4.57 Å². The number of hydrogen-bond donors (Lipinski definition) is 5. The molecule has 0 amide bonds. The normalized spacial score (nSPS) is 20.4. The molecule has 0 aromatic heterocycles. The number of phosphoric ester groups is 1. The van der Waals surface area contributed by atoms with Gasteiger partial charge in [0.2, 0.25) is 0 Å². The lowest BCUT2D eigenvalue weighted by Crippen LogP contribution is -2.29. The zero-order chi connectivity index (χ0) is 39.2. The Kier molecular flexibility index (Phi) is 29.5. The molecular weight excluding hydrogens is 699 g/mol. The molecule has 1 fully saturated rings. The number of allylic oxidation sites excluding steroid dienone is 2. The van der Waals surface area contributed by atoms with Gasteiger partial charge in [0, 0.05) is 25.2 Å². The predicted molar refractivity (Wildman–Crippen MR) is 209 cm³/mol. The highest BCUT2D eigenvalue weighted by Gasteiger charge is 2.39. The number of carbonyl (C=O) groups excluding carboxylic acids is 2. The first-order valence-corrected chi connectivity index (χ1v) is 22.4. The van der Waals surface area contributed by atoms with Crippen LogP contribution in [-0.4, -0.2) is 74.7 Å². The summed E-state index contributed by atoms with van der Waals surface area (Å²) in [6.45, 7) is 3.39. The van der Waals surface area contributed by atoms with E-state index in [0.717, 1.165) is 70.6 Å². The Morgan fingerprint density at radius 2 is 1.26 bits per heavy atom. The lowest BCUT2D eigenvalue weighted by molar-refractivity contribution is -0.161. The fourth-order valence-corrected chi connectivity index (χ4v) is 7.24. The Morgan fingerprint density at radius 3 is 1.89 bits per heavy atom. The van der Waals surface area contributed by atoms with Crippen LogP contribution in [0.3, 0.4) is 0 Å². The maximum absolute atomic E-state index is 12.4. The van der Waals surface area contributed by atoms with Gasteiger partial charge in [0.1, 0.15) is 6.61 Å². The Bertz CT molecular complexity index is 1030. The number of unbranched alkanes of at least 4 members (excludes halogenated alkanes) is 16. The SMILES string of the molecule is CCCCCC/C=C\CCCCCCCCCC(=O)O[C@H](COC(=O)CCCCCC[C@@H]1[C@@H](/C=C/[C@@H](O)CCCCC)[C@H](O)C[C@@H]1O)COP(=O)(O)O. The Morgan fingerprint density at radius 1 is 0.717 bits per heavy atom. The minimum Gasteiger partial charge on any atom is -0.462 e. The highest BCUT2D eigenvalue weighted by atomic mass is 31.2. The molecule has 0 bridgehead atoms. The van der Waals surface area contributed by atoms with Crippen LogP contribution >= 0.6 is 7.82 Å². The largest absolute Gasteiger partial charge is 0.469 e. The molecule has 1 rings (SSSR count). The van der Waals surface area contributed by atoms with E-state index in [2.05, 4.69) is 30.5 Å². The summed E-state index contributed by atoms with van der Waals surface area (Å²) >= 11 is 0. The summed E-state index contributed by atoms with van der Waals surface area (Å²) < 4.78 is 26.4. The van der Waals surface area contributed by atoms with Crippen LogP contribution in [0.15, 0.2) is 24.3 Å². The molecule has 0 aromatic rings. The van der Waals surface area contributed by atoms with Crippen molar-refractivity contribution in [1.29, 1.82) is 0 Å². The number of phosphoric acid groups is 1. The molecule has 0 heterocycles. The molecule has 0 unspecified atom stereocenters. The average Bonchev–Trinajstić information content (AvgIpc) is 3.38. The number of carbonyl (C=O) groups is 2. The molecule has 6 atom stereocenters. The number of aliphatic hydroxyl groups excluding tert-OH is 3. The van der Waals surface area contributed by atoms with Crippen molar-refractivity contribution in [3.05, 3.63) is 24.3 Å². The summed E-state index contributed by atoms with van der Waals surface area (Å²) in [4.78, 5) is 43.0. The summed E-state index contributed by atoms with van der Waals surface area (Å²) in [6.07, 6.45) is 28.2. The zero-order valence-electron chi connectivity index (χ0n) is 33.0. The first kappa shape index (κ1) is 49.4. The van der Waals surface area contributed by atoms with Crippen LogP contribution in [0, 0.1) is 11.8 Å². The van der Waals surface area contributed by atoms with Crippen LogP contribution in [-0.2, 0) is 28.2 Å². The molecule has 0 spiro atoms. The van der Waals surface area contributed by atoms with Gasteiger partial charge in [-0.1, -0.05) is 128 Å². The molecule has 0 radical (unpaired) electrons. The van der Waals surface area contributed by atoms with Crippen LogP contribution in [0.25, 0.3) is 0 Å². The summed E-state index contributed by atoms with van der Waals surface area (Å²) in [7, 11) is -4.81. The van der Waals surface area contributed by atoms with E-state index in [1.165, 1.54) is 51.4 Å². The molecular formula is C41H75O11P. The third-order valence-corrected chi connectivity index (χ3v) is 10.5. The summed E-state index contributed by atoms with van der Waals surface area (Å²) in [5.74, 6) is -1.30. The Hall–Kier alpha value is -1.59. The van der Waals surface area contributed by atoms with Gasteiger partial charge in [-0.3, -0.25) is 14.1 Å². The lowest BCUT2D eigenvalue weighted by atomic mass is 9.88. The summed E-state index contributed by atoms with van der Waals surface area (Å²) in [6, 6.07) is 0. The standard InChI is InChI=1S/C41H75O11P/c1-3-5-7-8-9-10-11-12-13-14-15-16-17-18-24-28-41(46)52-35(33-51-53(47,48)49)32-50-40(45)27-23-20-19-22-26-36-37(39(44)31-38(36)43)30-29-34(42)25-21-6-4-2/h10-11,29-30,34-39,42-44H,3-9,12-28,31-33H2,1-2H3,(H2,47,48,49)/b11-10-,30-29+/t34-,35+,36+,37+,38-,39+/m0/s1. The predicted octanol–water partition coefficient (Wildman–Crippen LogP) is 8.78. The lowest BCUT2D eigenvalue weighted by Gasteiger charge is -2.21. The van der Waals surface area contributed by atoms with Crippen molar-refractivity contribution in [3.8, 4) is 0 Å². The van der Waals surface area contributed by atoms with Crippen LogP contribution in [0.5, 0.6) is 0 Å². The van der Waals surface area contributed by atoms with Crippen molar-refractivity contribution >= 4 is 19.8 Å². The van der Waals surface area contributed by atoms with Crippen molar-refractivity contribution < 1.29 is 53.3 Å². The molecule has 53 heavy (non-hydrogen) atoms. The van der Waals surface area contributed by atoms with Gasteiger partial charge < -0.3 is 34.6 Å². The third kappa shape index (κ3) is 27.6. The van der Waals surface area contributed by atoms with E-state index in [4.69, 9.17) is 19.3 Å². The molecule has 0 saturated heterocycles. The topological polar surface area (TPSA) is 180 Å². The smallest absolute Gasteiger partial charge is 0.462 e. The van der Waals surface area contributed by atoms with Crippen molar-refractivity contribution in [2.24, 2.45) is 11.8 Å². The maximum Gasteiger partial charge on any atom is 0.469 e. The number of aliphatic hydroxyl groups is 3. The molecule has 11 nitrogen and oxygen atoms in total. The second-order valence-electron chi connectivity index (χ2n) is 14.9. The number of hydrogen-bond acceptors (Lipinski definition) is 9. The highest BCUT2D eigenvalue weighted by Crippen LogP contribution is 2.38. The second kappa shape index (κ2) is 31.6. The molecule has 5 N–H and O–H groups in total. The molecule has 310 valence electrons. The highest BCUT2D eigenvalue weighted by molar-refractivity contribution is 7.46. The molecule has 1 aliphatic rings. The van der Waals surface area contributed by atoms with E-state index < -0.39 is 50.8 Å². The number of esters is 2. The Balaban J connectivity index is 2.26. The molecule has 12 heteroatoms. The minimum absolute atomic E-state index is 0.0821. The number of ether oxygens (including phenoxy) is 2. The minimum atomic E-state index is -4.81. The van der Waals surface area contributed by atoms with Gasteiger partial charge in [-0.2, -0.15) is 0 Å². The van der Waals surface area contributed by atoms with E-state index >= 15 is 0 Å². The van der Waals surface area contributed by atoms with E-state index in [-0.39, 0.29) is 31.3 Å². The molecule has 0 aromatic carbocycles. The quantitative estimate of drug-likeness (QED) is 0.0183. The van der Waals surface area contributed by atoms with Gasteiger partial charge in [0.05, 0.1) is 24.9 Å². The maximum atomic E-state index is 12.4. The first-order chi connectivity index (χ1) is 25.5. The van der Waals surface area contributed by atoms with Gasteiger partial charge in [0.15, 0.2) is 6.10 Å². The Labute approximate surface area is 320 Å². The first-order valence-electron chi connectivity index (χ1n) is 20.9. The molecule has 0 aliphatic heterocycles. The van der Waals surface area contributed by atoms with Crippen molar-refractivity contribution in [2.75, 3.05) is 13.2 Å². The molecule has 1 aliphatic carbocycles. The van der Waals surface area contributed by atoms with E-state index in [9.17, 15) is 29.5 Å². The zero-order valence-corrected chi connectivity index (χ0v) is 33.9. The summed E-state index contributed by atoms with van der Waals surface area (Å²) in [5.41, 5.74) is 0. The van der Waals surface area contributed by atoms with E-state index in [1.807, 2.05) is 6.08 Å². The van der Waals surface area contributed by atoms with Crippen LogP contribution in [0.4, 0.5) is 0 Å². The van der Waals surface area contributed by atoms with Crippen LogP contribution < -0.4 is 0 Å². The average molecular weight is 775 g/mol. The number of rotatable bonds is 34. The van der Waals surface area contributed by atoms with Crippen molar-refractivity contribution in [2.45, 2.75) is 199 Å². The van der Waals surface area contributed by atoms with E-state index in [1.54, 1.807) is 6.08 Å². The van der Waals surface area contributed by atoms with Crippen LogP contribution in [0.2, 0.25) is 0 Å². The van der Waals surface area contributed by atoms with Crippen molar-refractivity contribution in [1.82, 2.24) is 0 Å². The van der Waals surface area contributed by atoms with Gasteiger partial charge in [-0.15, -0.1) is 0 Å². The van der Waals surface area contributed by atoms with Crippen LogP contribution in [0.1, 0.15) is 174 Å². The fraction of sp³-hybridized carbons (Fsp3) is 0.854. The second-order valence-corrected chi connectivity index (χ2v) is 16.2. The fourth-order valence-electron chi connectivity index (χ4n) is 6.88.